The van der Waals surface area contributed by atoms with E-state index in [1.54, 1.807) is 6.20 Å². The van der Waals surface area contributed by atoms with Crippen LogP contribution in [0.1, 0.15) is 46.0 Å². The number of hydrogen-bond acceptors (Lipinski definition) is 3. The Hall–Kier alpha value is -1.85. The molecular formula is C14H24N4O2. The fraction of sp³-hybridized carbons (Fsp3) is 0.643. The number of nitrogens with one attached hydrogen (secondary N) is 3. The average molecular weight is 280 g/mol. The van der Waals surface area contributed by atoms with Crippen LogP contribution in [0, 0.1) is 5.92 Å². The zero-order valence-electron chi connectivity index (χ0n) is 12.2. The normalized spacial score (nSPS) is 11.9. The van der Waals surface area contributed by atoms with Crippen LogP contribution in [0.5, 0.6) is 0 Å². The summed E-state index contributed by atoms with van der Waals surface area (Å²) < 4.78 is 0. The van der Waals surface area contributed by atoms with Crippen LogP contribution in [0.4, 0.5) is 5.69 Å². The molecule has 1 aromatic rings. The monoisotopic (exact) mass is 280 g/mol. The minimum Gasteiger partial charge on any atom is -0.347 e. The Labute approximate surface area is 119 Å². The van der Waals surface area contributed by atoms with Crippen molar-refractivity contribution in [3.05, 3.63) is 12.4 Å². The van der Waals surface area contributed by atoms with Gasteiger partial charge < -0.3 is 10.6 Å². The predicted octanol–water partition coefficient (Wildman–Crippen LogP) is 2.07. The number of aromatic nitrogens is 2. The summed E-state index contributed by atoms with van der Waals surface area (Å²) in [6.45, 7) is 4.24. The zero-order chi connectivity index (χ0) is 14.8. The molecule has 0 fully saturated rings. The molecule has 2 amide bonds. The summed E-state index contributed by atoms with van der Waals surface area (Å²) in [6, 6.07) is 0. The largest absolute Gasteiger partial charge is 0.347 e. The number of H-pyrrole nitrogens is 1. The lowest BCUT2D eigenvalue weighted by atomic mass is 9.95. The molecule has 20 heavy (non-hydrogen) atoms. The van der Waals surface area contributed by atoms with Crippen molar-refractivity contribution in [3.63, 3.8) is 0 Å². The lowest BCUT2D eigenvalue weighted by molar-refractivity contribution is -0.124. The molecule has 1 heterocycles. The van der Waals surface area contributed by atoms with Crippen molar-refractivity contribution in [1.82, 2.24) is 15.5 Å². The lowest BCUT2D eigenvalue weighted by Gasteiger charge is -2.13. The van der Waals surface area contributed by atoms with Gasteiger partial charge in [-0.25, -0.2) is 0 Å². The average Bonchev–Trinajstić information content (AvgIpc) is 2.94. The number of nitrogens with zero attached hydrogens (tertiary/aromatic N) is 1. The highest BCUT2D eigenvalue weighted by Crippen LogP contribution is 2.16. The second-order valence-electron chi connectivity index (χ2n) is 4.93. The molecule has 0 bridgehead atoms. The molecule has 1 unspecified atom stereocenters. The van der Waals surface area contributed by atoms with Crippen LogP contribution in [0.25, 0.3) is 0 Å². The van der Waals surface area contributed by atoms with Gasteiger partial charge in [0.25, 0.3) is 0 Å². The number of hydrogen-bond donors (Lipinski definition) is 3. The van der Waals surface area contributed by atoms with Crippen molar-refractivity contribution < 1.29 is 9.59 Å². The Morgan fingerprint density at radius 1 is 1.35 bits per heavy atom. The van der Waals surface area contributed by atoms with Crippen LogP contribution in [-0.4, -0.2) is 28.6 Å². The van der Waals surface area contributed by atoms with E-state index in [4.69, 9.17) is 0 Å². The zero-order valence-corrected chi connectivity index (χ0v) is 12.2. The van der Waals surface area contributed by atoms with Crippen LogP contribution >= 0.6 is 0 Å². The van der Waals surface area contributed by atoms with Crippen LogP contribution in [0.2, 0.25) is 0 Å². The lowest BCUT2D eigenvalue weighted by Crippen LogP contribution is -2.33. The number of carbonyl (C=O) groups is 2. The molecule has 0 saturated heterocycles. The first-order valence-electron chi connectivity index (χ1n) is 7.21. The van der Waals surface area contributed by atoms with Crippen molar-refractivity contribution >= 4 is 17.5 Å². The quantitative estimate of drug-likeness (QED) is 0.647. The summed E-state index contributed by atoms with van der Waals surface area (Å²) in [4.78, 5) is 23.3. The second-order valence-corrected chi connectivity index (χ2v) is 4.93. The van der Waals surface area contributed by atoms with Crippen molar-refractivity contribution in [2.75, 3.05) is 11.9 Å². The van der Waals surface area contributed by atoms with E-state index >= 15 is 0 Å². The van der Waals surface area contributed by atoms with E-state index in [2.05, 4.69) is 34.7 Å². The highest BCUT2D eigenvalue weighted by Gasteiger charge is 2.12. The van der Waals surface area contributed by atoms with E-state index in [0.717, 1.165) is 25.7 Å². The standard InChI is InChI=1S/C14H24N4O2/c1-3-5-6-11(4-2)7-13(19)15-10-14(20)18-12-8-16-17-9-12/h8-9,11H,3-7,10H2,1-2H3,(H,15,19)(H,16,17)(H,18,20). The molecule has 1 rings (SSSR count). The van der Waals surface area contributed by atoms with E-state index in [9.17, 15) is 9.59 Å². The molecule has 0 aliphatic heterocycles. The van der Waals surface area contributed by atoms with Gasteiger partial charge >= 0.3 is 0 Å². The number of amides is 2. The second kappa shape index (κ2) is 9.12. The third-order valence-corrected chi connectivity index (χ3v) is 3.25. The maximum absolute atomic E-state index is 11.8. The molecule has 1 aromatic heterocycles. The molecule has 0 aliphatic carbocycles. The summed E-state index contributed by atoms with van der Waals surface area (Å²) in [6.07, 6.45) is 7.94. The summed E-state index contributed by atoms with van der Waals surface area (Å²) in [5.74, 6) is 0.100. The molecule has 6 nitrogen and oxygen atoms in total. The first-order chi connectivity index (χ1) is 9.65. The maximum Gasteiger partial charge on any atom is 0.243 e. The first kappa shape index (κ1) is 16.2. The minimum absolute atomic E-state index is 0.00573. The Morgan fingerprint density at radius 2 is 2.15 bits per heavy atom. The molecule has 3 N–H and O–H groups in total. The van der Waals surface area contributed by atoms with Crippen LogP contribution in [0.15, 0.2) is 12.4 Å². The van der Waals surface area contributed by atoms with Gasteiger partial charge in [-0.3, -0.25) is 14.7 Å². The summed E-state index contributed by atoms with van der Waals surface area (Å²) in [5, 5.41) is 11.6. The van der Waals surface area contributed by atoms with Gasteiger partial charge in [-0.1, -0.05) is 33.1 Å². The third-order valence-electron chi connectivity index (χ3n) is 3.25. The van der Waals surface area contributed by atoms with Gasteiger partial charge in [0, 0.05) is 12.6 Å². The SMILES string of the molecule is CCCCC(CC)CC(=O)NCC(=O)Nc1cn[nH]c1. The van der Waals surface area contributed by atoms with Crippen molar-refractivity contribution in [2.24, 2.45) is 5.92 Å². The van der Waals surface area contributed by atoms with E-state index < -0.39 is 0 Å². The topological polar surface area (TPSA) is 86.9 Å². The number of anilines is 1. The van der Waals surface area contributed by atoms with E-state index in [0.29, 0.717) is 18.0 Å². The van der Waals surface area contributed by atoms with Gasteiger partial charge in [0.2, 0.25) is 11.8 Å². The molecule has 0 aromatic carbocycles. The van der Waals surface area contributed by atoms with Crippen LogP contribution in [-0.2, 0) is 9.59 Å². The van der Waals surface area contributed by atoms with Gasteiger partial charge in [-0.15, -0.1) is 0 Å². The van der Waals surface area contributed by atoms with Gasteiger partial charge in [-0.2, -0.15) is 5.10 Å². The smallest absolute Gasteiger partial charge is 0.243 e. The van der Waals surface area contributed by atoms with E-state index in [1.165, 1.54) is 6.20 Å². The fourth-order valence-electron chi connectivity index (χ4n) is 1.98. The summed E-state index contributed by atoms with van der Waals surface area (Å²) in [5.41, 5.74) is 0.596. The van der Waals surface area contributed by atoms with Gasteiger partial charge in [-0.05, 0) is 12.3 Å². The molecular weight excluding hydrogens is 256 g/mol. The summed E-state index contributed by atoms with van der Waals surface area (Å²) >= 11 is 0. The van der Waals surface area contributed by atoms with Crippen molar-refractivity contribution in [3.8, 4) is 0 Å². The van der Waals surface area contributed by atoms with Crippen molar-refractivity contribution in [2.45, 2.75) is 46.0 Å². The first-order valence-corrected chi connectivity index (χ1v) is 7.21. The van der Waals surface area contributed by atoms with E-state index in [-0.39, 0.29) is 18.4 Å². The number of unbranched alkanes of at least 4 members (excludes halogenated alkanes) is 1. The molecule has 0 spiro atoms. The molecule has 0 aliphatic rings. The molecule has 1 atom stereocenters. The van der Waals surface area contributed by atoms with Gasteiger partial charge in [0.05, 0.1) is 18.4 Å². The molecule has 112 valence electrons. The third kappa shape index (κ3) is 6.36. The maximum atomic E-state index is 11.8. The molecule has 6 heteroatoms. The van der Waals surface area contributed by atoms with Crippen molar-refractivity contribution in [1.29, 1.82) is 0 Å². The Morgan fingerprint density at radius 3 is 2.75 bits per heavy atom. The van der Waals surface area contributed by atoms with Crippen LogP contribution < -0.4 is 10.6 Å². The van der Waals surface area contributed by atoms with E-state index in [1.807, 2.05) is 0 Å². The highest BCUT2D eigenvalue weighted by atomic mass is 16.2. The van der Waals surface area contributed by atoms with Gasteiger partial charge in [0.1, 0.15) is 0 Å². The summed E-state index contributed by atoms with van der Waals surface area (Å²) in [7, 11) is 0. The van der Waals surface area contributed by atoms with Crippen LogP contribution in [0.3, 0.4) is 0 Å². The minimum atomic E-state index is -0.249. The molecule has 0 radical (unpaired) electrons. The number of rotatable bonds is 9. The van der Waals surface area contributed by atoms with Gasteiger partial charge in [0.15, 0.2) is 0 Å². The molecule has 0 saturated carbocycles. The predicted molar refractivity (Wildman–Crippen MR) is 78.2 cm³/mol. The fourth-order valence-corrected chi connectivity index (χ4v) is 1.98. The number of aromatic amines is 1. The number of carbonyl (C=O) groups excluding carboxylic acids is 2. The Bertz CT molecular complexity index is 403. The Balaban J connectivity index is 2.22. The Kier molecular flexibility index (Phi) is 7.39. The highest BCUT2D eigenvalue weighted by molar-refractivity contribution is 5.94.